The van der Waals surface area contributed by atoms with Crippen molar-refractivity contribution in [3.05, 3.63) is 71.0 Å². The molecule has 39 heavy (non-hydrogen) atoms. The van der Waals surface area contributed by atoms with Crippen molar-refractivity contribution in [2.45, 2.75) is 71.5 Å². The second kappa shape index (κ2) is 13.5. The number of rotatable bonds is 10. The summed E-state index contributed by atoms with van der Waals surface area (Å²) in [6, 6.07) is 13.7. The molecule has 0 aromatic heterocycles. The number of aryl methyl sites for hydroxylation is 1. The fourth-order valence-electron chi connectivity index (χ4n) is 6.21. The number of amides is 2. The molecule has 4 rings (SSSR count). The Morgan fingerprint density at radius 3 is 2.41 bits per heavy atom. The van der Waals surface area contributed by atoms with Crippen LogP contribution in [0.3, 0.4) is 0 Å². The van der Waals surface area contributed by atoms with Crippen LogP contribution in [0.25, 0.3) is 0 Å². The second-order valence-corrected chi connectivity index (χ2v) is 12.1. The van der Waals surface area contributed by atoms with Gasteiger partial charge < -0.3 is 16.0 Å². The number of likely N-dealkylation sites (tertiary alicyclic amines) is 1. The predicted octanol–water partition coefficient (Wildman–Crippen LogP) is 4.76. The van der Waals surface area contributed by atoms with E-state index in [0.717, 1.165) is 38.8 Å². The molecule has 1 heterocycles. The SMILES string of the molecule is Cc1ccc(CN(CC(C)C)C2CC(C(=O)NCC3CCCC(CN)C3)N(C(=O)c3ccc(F)cc3)C2)cc1. The zero-order valence-electron chi connectivity index (χ0n) is 23.7. The number of benzene rings is 2. The van der Waals surface area contributed by atoms with Crippen molar-refractivity contribution in [1.82, 2.24) is 15.1 Å². The zero-order chi connectivity index (χ0) is 27.9. The quantitative estimate of drug-likeness (QED) is 0.459. The summed E-state index contributed by atoms with van der Waals surface area (Å²) in [5.41, 5.74) is 8.76. The average molecular weight is 537 g/mol. The Balaban J connectivity index is 1.52. The smallest absolute Gasteiger partial charge is 0.254 e. The number of carbonyl (C=O) groups is 2. The lowest BCUT2D eigenvalue weighted by atomic mass is 9.81. The predicted molar refractivity (Wildman–Crippen MR) is 154 cm³/mol. The molecule has 7 heteroatoms. The highest BCUT2D eigenvalue weighted by Gasteiger charge is 2.42. The zero-order valence-corrected chi connectivity index (χ0v) is 23.7. The maximum atomic E-state index is 13.6. The van der Waals surface area contributed by atoms with Gasteiger partial charge in [0.1, 0.15) is 11.9 Å². The number of nitrogens with one attached hydrogen (secondary N) is 1. The molecule has 2 fully saturated rings. The largest absolute Gasteiger partial charge is 0.354 e. The van der Waals surface area contributed by atoms with E-state index in [9.17, 15) is 14.0 Å². The summed E-state index contributed by atoms with van der Waals surface area (Å²) in [4.78, 5) is 31.4. The topological polar surface area (TPSA) is 78.7 Å². The van der Waals surface area contributed by atoms with Crippen LogP contribution >= 0.6 is 0 Å². The average Bonchev–Trinajstić information content (AvgIpc) is 3.38. The van der Waals surface area contributed by atoms with Gasteiger partial charge in [0.05, 0.1) is 0 Å². The van der Waals surface area contributed by atoms with Gasteiger partial charge in [0.25, 0.3) is 5.91 Å². The Kier molecular flexibility index (Phi) is 10.1. The van der Waals surface area contributed by atoms with Gasteiger partial charge in [0.2, 0.25) is 5.91 Å². The monoisotopic (exact) mass is 536 g/mol. The molecule has 1 saturated heterocycles. The second-order valence-electron chi connectivity index (χ2n) is 12.1. The molecule has 1 aliphatic heterocycles. The fraction of sp³-hybridized carbons (Fsp3) is 0.562. The van der Waals surface area contributed by atoms with E-state index in [1.165, 1.54) is 35.4 Å². The highest BCUT2D eigenvalue weighted by atomic mass is 19.1. The first-order valence-corrected chi connectivity index (χ1v) is 14.6. The summed E-state index contributed by atoms with van der Waals surface area (Å²) in [7, 11) is 0. The number of carbonyl (C=O) groups excluding carboxylic acids is 2. The molecular formula is C32H45FN4O2. The summed E-state index contributed by atoms with van der Waals surface area (Å²) < 4.78 is 13.6. The third-order valence-corrected chi connectivity index (χ3v) is 8.35. The molecule has 2 aromatic carbocycles. The third-order valence-electron chi connectivity index (χ3n) is 8.35. The Labute approximate surface area is 233 Å². The van der Waals surface area contributed by atoms with Gasteiger partial charge >= 0.3 is 0 Å². The van der Waals surface area contributed by atoms with Gasteiger partial charge in [-0.1, -0.05) is 50.1 Å². The van der Waals surface area contributed by atoms with Crippen LogP contribution in [0.5, 0.6) is 0 Å². The molecule has 0 spiro atoms. The first-order chi connectivity index (χ1) is 18.7. The molecular weight excluding hydrogens is 491 g/mol. The molecule has 2 amide bonds. The Hall–Kier alpha value is -2.77. The van der Waals surface area contributed by atoms with E-state index in [4.69, 9.17) is 5.73 Å². The highest BCUT2D eigenvalue weighted by molar-refractivity contribution is 5.98. The summed E-state index contributed by atoms with van der Waals surface area (Å²) in [6.07, 6.45) is 5.03. The van der Waals surface area contributed by atoms with Gasteiger partial charge in [-0.15, -0.1) is 0 Å². The summed E-state index contributed by atoms with van der Waals surface area (Å²) in [6.45, 7) is 9.88. The Morgan fingerprint density at radius 2 is 1.74 bits per heavy atom. The van der Waals surface area contributed by atoms with Crippen molar-refractivity contribution in [3.63, 3.8) is 0 Å². The minimum Gasteiger partial charge on any atom is -0.354 e. The van der Waals surface area contributed by atoms with Gasteiger partial charge in [-0.25, -0.2) is 4.39 Å². The number of hydrogen-bond acceptors (Lipinski definition) is 4. The molecule has 6 nitrogen and oxygen atoms in total. The molecule has 2 aliphatic rings. The lowest BCUT2D eigenvalue weighted by Crippen LogP contribution is -2.47. The molecule has 212 valence electrons. The van der Waals surface area contributed by atoms with Crippen molar-refractivity contribution in [2.24, 2.45) is 23.5 Å². The van der Waals surface area contributed by atoms with Crippen molar-refractivity contribution in [1.29, 1.82) is 0 Å². The molecule has 2 aromatic rings. The van der Waals surface area contributed by atoms with Gasteiger partial charge in [0, 0.05) is 37.8 Å². The van der Waals surface area contributed by atoms with Crippen LogP contribution in [0.1, 0.15) is 67.4 Å². The molecule has 0 bridgehead atoms. The van der Waals surface area contributed by atoms with Crippen molar-refractivity contribution >= 4 is 11.8 Å². The van der Waals surface area contributed by atoms with Crippen LogP contribution in [-0.4, -0.2) is 59.9 Å². The van der Waals surface area contributed by atoms with Crippen molar-refractivity contribution in [3.8, 4) is 0 Å². The number of nitrogens with zero attached hydrogens (tertiary/aromatic N) is 2. The summed E-state index contributed by atoms with van der Waals surface area (Å²) >= 11 is 0. The number of hydrogen-bond donors (Lipinski definition) is 2. The van der Waals surface area contributed by atoms with Crippen LogP contribution in [0.4, 0.5) is 4.39 Å². The van der Waals surface area contributed by atoms with Gasteiger partial charge in [-0.3, -0.25) is 14.5 Å². The molecule has 4 unspecified atom stereocenters. The maximum absolute atomic E-state index is 13.6. The van der Waals surface area contributed by atoms with Crippen LogP contribution in [-0.2, 0) is 11.3 Å². The Bertz CT molecular complexity index is 1090. The minimum absolute atomic E-state index is 0.0464. The summed E-state index contributed by atoms with van der Waals surface area (Å²) in [5.74, 6) is 0.685. The van der Waals surface area contributed by atoms with Gasteiger partial charge in [0.15, 0.2) is 0 Å². The van der Waals surface area contributed by atoms with Crippen LogP contribution in [0, 0.1) is 30.5 Å². The maximum Gasteiger partial charge on any atom is 0.254 e. The molecule has 3 N–H and O–H groups in total. The molecule has 4 atom stereocenters. The van der Waals surface area contributed by atoms with Crippen LogP contribution < -0.4 is 11.1 Å². The van der Waals surface area contributed by atoms with Crippen LogP contribution in [0.2, 0.25) is 0 Å². The number of nitrogens with two attached hydrogens (primary N) is 1. The highest BCUT2D eigenvalue weighted by Crippen LogP contribution is 2.29. The minimum atomic E-state index is -0.561. The van der Waals surface area contributed by atoms with Gasteiger partial charge in [-0.05, 0) is 86.7 Å². The third kappa shape index (κ3) is 7.89. The fourth-order valence-corrected chi connectivity index (χ4v) is 6.21. The van der Waals surface area contributed by atoms with E-state index in [1.807, 2.05) is 0 Å². The van der Waals surface area contributed by atoms with E-state index in [1.54, 1.807) is 4.90 Å². The summed E-state index contributed by atoms with van der Waals surface area (Å²) in [5, 5.41) is 3.19. The first-order valence-electron chi connectivity index (χ1n) is 14.6. The van der Waals surface area contributed by atoms with Crippen molar-refractivity contribution in [2.75, 3.05) is 26.2 Å². The molecule has 1 aliphatic carbocycles. The van der Waals surface area contributed by atoms with Gasteiger partial charge in [-0.2, -0.15) is 0 Å². The lowest BCUT2D eigenvalue weighted by Gasteiger charge is -2.30. The van der Waals surface area contributed by atoms with E-state index in [2.05, 4.69) is 55.3 Å². The lowest BCUT2D eigenvalue weighted by molar-refractivity contribution is -0.125. The first kappa shape index (κ1) is 29.2. The number of halogens is 1. The van der Waals surface area contributed by atoms with E-state index in [-0.39, 0.29) is 23.7 Å². The van der Waals surface area contributed by atoms with E-state index < -0.39 is 6.04 Å². The van der Waals surface area contributed by atoms with E-state index in [0.29, 0.717) is 49.4 Å². The molecule has 1 saturated carbocycles. The van der Waals surface area contributed by atoms with Crippen LogP contribution in [0.15, 0.2) is 48.5 Å². The normalized spacial score (nSPS) is 23.4. The van der Waals surface area contributed by atoms with E-state index >= 15 is 0 Å². The Morgan fingerprint density at radius 1 is 1.05 bits per heavy atom. The standard InChI is InChI=1S/C32H45FN4O2/c1-22(2)19-36(20-24-9-7-23(3)8-10-24)29-16-30(31(38)35-18-26-6-4-5-25(15-26)17-34)37(21-29)32(39)27-11-13-28(33)14-12-27/h7-14,22,25-26,29-30H,4-6,15-21,34H2,1-3H3,(H,35,38). The van der Waals surface area contributed by atoms with Crippen molar-refractivity contribution < 1.29 is 14.0 Å². The molecule has 0 radical (unpaired) electrons.